The van der Waals surface area contributed by atoms with Crippen LogP contribution in [-0.4, -0.2) is 25.5 Å². The van der Waals surface area contributed by atoms with Crippen LogP contribution in [0.2, 0.25) is 5.02 Å². The molecule has 1 fully saturated rings. The van der Waals surface area contributed by atoms with Crippen molar-refractivity contribution in [2.75, 3.05) is 0 Å². The fraction of sp³-hybridized carbons (Fsp3) is 0.500. The summed E-state index contributed by atoms with van der Waals surface area (Å²) in [4.78, 5) is 4.02. The predicted molar refractivity (Wildman–Crippen MR) is 101 cm³/mol. The SMILES string of the molecule is CC(C)C1CC(C)(C)C(O)(Cn2cncn2)/C1=C\c1ccc(Cl)cc1. The third-order valence-electron chi connectivity index (χ3n) is 5.58. The summed E-state index contributed by atoms with van der Waals surface area (Å²) >= 11 is 6.01. The first-order valence-electron chi connectivity index (χ1n) is 8.75. The summed E-state index contributed by atoms with van der Waals surface area (Å²) in [6, 6.07) is 7.76. The molecule has 0 saturated heterocycles. The van der Waals surface area contributed by atoms with E-state index in [9.17, 15) is 5.11 Å². The summed E-state index contributed by atoms with van der Waals surface area (Å²) in [5.41, 5.74) is 0.895. The van der Waals surface area contributed by atoms with E-state index in [4.69, 9.17) is 11.6 Å². The van der Waals surface area contributed by atoms with Gasteiger partial charge in [-0.15, -0.1) is 0 Å². The number of benzene rings is 1. The van der Waals surface area contributed by atoms with Gasteiger partial charge in [0.25, 0.3) is 0 Å². The zero-order valence-electron chi connectivity index (χ0n) is 15.3. The van der Waals surface area contributed by atoms with Gasteiger partial charge in [-0.25, -0.2) is 9.67 Å². The smallest absolute Gasteiger partial charge is 0.137 e. The zero-order valence-corrected chi connectivity index (χ0v) is 16.0. The Morgan fingerprint density at radius 2 is 2.00 bits per heavy atom. The van der Waals surface area contributed by atoms with Gasteiger partial charge in [0, 0.05) is 5.02 Å². The van der Waals surface area contributed by atoms with E-state index in [1.54, 1.807) is 11.0 Å². The molecule has 134 valence electrons. The molecule has 1 heterocycles. The molecule has 1 aromatic heterocycles. The van der Waals surface area contributed by atoms with Crippen LogP contribution in [0.15, 0.2) is 42.5 Å². The van der Waals surface area contributed by atoms with Crippen LogP contribution in [0, 0.1) is 17.3 Å². The van der Waals surface area contributed by atoms with Crippen LogP contribution in [0.4, 0.5) is 0 Å². The second-order valence-electron chi connectivity index (χ2n) is 8.04. The fourth-order valence-electron chi connectivity index (χ4n) is 3.94. The first-order valence-corrected chi connectivity index (χ1v) is 9.13. The van der Waals surface area contributed by atoms with Gasteiger partial charge < -0.3 is 5.11 Å². The molecule has 2 atom stereocenters. The molecule has 0 bridgehead atoms. The van der Waals surface area contributed by atoms with Gasteiger partial charge in [0.15, 0.2) is 0 Å². The number of halogens is 1. The average molecular weight is 360 g/mol. The number of hydrogen-bond acceptors (Lipinski definition) is 3. The van der Waals surface area contributed by atoms with Gasteiger partial charge in [-0.2, -0.15) is 5.10 Å². The number of aliphatic hydroxyl groups is 1. The number of hydrogen-bond donors (Lipinski definition) is 1. The van der Waals surface area contributed by atoms with Crippen molar-refractivity contribution in [3.8, 4) is 0 Å². The monoisotopic (exact) mass is 359 g/mol. The lowest BCUT2D eigenvalue weighted by atomic mass is 9.76. The van der Waals surface area contributed by atoms with E-state index in [1.165, 1.54) is 6.33 Å². The van der Waals surface area contributed by atoms with E-state index in [1.807, 2.05) is 24.3 Å². The minimum atomic E-state index is -0.977. The van der Waals surface area contributed by atoms with Crippen LogP contribution in [0.25, 0.3) is 6.08 Å². The molecule has 1 aliphatic carbocycles. The van der Waals surface area contributed by atoms with E-state index in [0.29, 0.717) is 23.4 Å². The van der Waals surface area contributed by atoms with Gasteiger partial charge in [0.05, 0.1) is 6.54 Å². The molecule has 0 amide bonds. The van der Waals surface area contributed by atoms with E-state index >= 15 is 0 Å². The molecule has 2 aromatic rings. The summed E-state index contributed by atoms with van der Waals surface area (Å²) in [7, 11) is 0. The number of aromatic nitrogens is 3. The fourth-order valence-corrected chi connectivity index (χ4v) is 4.07. The normalized spacial score (nSPS) is 27.3. The quantitative estimate of drug-likeness (QED) is 0.877. The summed E-state index contributed by atoms with van der Waals surface area (Å²) < 4.78 is 1.72. The lowest BCUT2D eigenvalue weighted by Crippen LogP contribution is -2.45. The Labute approximate surface area is 154 Å². The van der Waals surface area contributed by atoms with Crippen LogP contribution in [0.1, 0.15) is 39.7 Å². The highest BCUT2D eigenvalue weighted by Gasteiger charge is 2.56. The largest absolute Gasteiger partial charge is 0.383 e. The van der Waals surface area contributed by atoms with Crippen molar-refractivity contribution in [3.05, 3.63) is 53.1 Å². The van der Waals surface area contributed by atoms with Crippen molar-refractivity contribution in [3.63, 3.8) is 0 Å². The van der Waals surface area contributed by atoms with Crippen molar-refractivity contribution >= 4 is 17.7 Å². The first kappa shape index (κ1) is 18.2. The Bertz CT molecular complexity index is 750. The predicted octanol–water partition coefficient (Wildman–Crippen LogP) is 4.45. The second kappa shape index (κ2) is 6.58. The Hall–Kier alpha value is -1.65. The summed E-state index contributed by atoms with van der Waals surface area (Å²) in [6.07, 6.45) is 6.24. The third-order valence-corrected chi connectivity index (χ3v) is 5.83. The first-order chi connectivity index (χ1) is 11.7. The van der Waals surface area contributed by atoms with Gasteiger partial charge in [-0.3, -0.25) is 0 Å². The highest BCUT2D eigenvalue weighted by molar-refractivity contribution is 6.30. The topological polar surface area (TPSA) is 50.9 Å². The van der Waals surface area contributed by atoms with Gasteiger partial charge >= 0.3 is 0 Å². The van der Waals surface area contributed by atoms with Gasteiger partial charge in [0.1, 0.15) is 18.3 Å². The molecule has 0 radical (unpaired) electrons. The van der Waals surface area contributed by atoms with Crippen molar-refractivity contribution < 1.29 is 5.11 Å². The van der Waals surface area contributed by atoms with Crippen LogP contribution < -0.4 is 0 Å². The Morgan fingerprint density at radius 3 is 2.56 bits per heavy atom. The molecule has 0 spiro atoms. The van der Waals surface area contributed by atoms with Crippen molar-refractivity contribution in [1.82, 2.24) is 14.8 Å². The minimum absolute atomic E-state index is 0.258. The van der Waals surface area contributed by atoms with Gasteiger partial charge in [0.2, 0.25) is 0 Å². The molecule has 1 aliphatic rings. The lowest BCUT2D eigenvalue weighted by Gasteiger charge is -2.37. The average Bonchev–Trinajstić information content (AvgIpc) is 3.10. The van der Waals surface area contributed by atoms with Crippen molar-refractivity contribution in [1.29, 1.82) is 0 Å². The van der Waals surface area contributed by atoms with E-state index in [2.05, 4.69) is 43.9 Å². The van der Waals surface area contributed by atoms with Gasteiger partial charge in [-0.05, 0) is 46.9 Å². The molecule has 4 nitrogen and oxygen atoms in total. The zero-order chi connectivity index (χ0) is 18.2. The van der Waals surface area contributed by atoms with E-state index in [-0.39, 0.29) is 5.41 Å². The summed E-state index contributed by atoms with van der Waals surface area (Å²) in [5.74, 6) is 0.766. The molecule has 1 N–H and O–H groups in total. The molecular formula is C20H26ClN3O. The maximum absolute atomic E-state index is 11.8. The van der Waals surface area contributed by atoms with E-state index < -0.39 is 5.60 Å². The highest BCUT2D eigenvalue weighted by Crippen LogP contribution is 2.55. The molecular weight excluding hydrogens is 334 g/mol. The standard InChI is InChI=1S/C20H26ClN3O/c1-14(2)17-10-19(3,4)20(25,11-24-13-22-12-23-24)18(17)9-15-5-7-16(21)8-6-15/h5-9,12-14,17,25H,10-11H2,1-4H3/b18-9-. The van der Waals surface area contributed by atoms with Crippen LogP contribution >= 0.6 is 11.6 Å². The van der Waals surface area contributed by atoms with E-state index in [0.717, 1.165) is 17.6 Å². The molecule has 1 aromatic carbocycles. The Balaban J connectivity index is 2.08. The second-order valence-corrected chi connectivity index (χ2v) is 8.48. The van der Waals surface area contributed by atoms with Crippen LogP contribution in [0.5, 0.6) is 0 Å². The third kappa shape index (κ3) is 3.38. The maximum Gasteiger partial charge on any atom is 0.137 e. The Kier molecular flexibility index (Phi) is 4.78. The molecule has 2 unspecified atom stereocenters. The maximum atomic E-state index is 11.8. The molecule has 5 heteroatoms. The number of rotatable bonds is 4. The summed E-state index contributed by atoms with van der Waals surface area (Å²) in [6.45, 7) is 9.13. The minimum Gasteiger partial charge on any atom is -0.383 e. The van der Waals surface area contributed by atoms with Gasteiger partial charge in [-0.1, -0.05) is 57.5 Å². The summed E-state index contributed by atoms with van der Waals surface area (Å²) in [5, 5.41) is 16.7. The van der Waals surface area contributed by atoms with Crippen molar-refractivity contribution in [2.24, 2.45) is 17.3 Å². The molecule has 25 heavy (non-hydrogen) atoms. The highest BCUT2D eigenvalue weighted by atomic mass is 35.5. The van der Waals surface area contributed by atoms with Crippen LogP contribution in [-0.2, 0) is 6.54 Å². The molecule has 1 saturated carbocycles. The Morgan fingerprint density at radius 1 is 1.32 bits per heavy atom. The molecule has 0 aliphatic heterocycles. The number of nitrogens with zero attached hydrogens (tertiary/aromatic N) is 3. The molecule has 3 rings (SSSR count). The van der Waals surface area contributed by atoms with Crippen LogP contribution in [0.3, 0.4) is 0 Å². The lowest BCUT2D eigenvalue weighted by molar-refractivity contribution is -0.0298. The van der Waals surface area contributed by atoms with Crippen molar-refractivity contribution in [2.45, 2.75) is 46.3 Å².